The summed E-state index contributed by atoms with van der Waals surface area (Å²) < 4.78 is 1.98. The summed E-state index contributed by atoms with van der Waals surface area (Å²) in [7, 11) is 0. The first kappa shape index (κ1) is 11.8. The van der Waals surface area contributed by atoms with E-state index in [2.05, 4.69) is 22.0 Å². The number of aromatic nitrogens is 4. The van der Waals surface area contributed by atoms with Crippen LogP contribution in [0.4, 0.5) is 5.69 Å². The van der Waals surface area contributed by atoms with E-state index in [4.69, 9.17) is 5.73 Å². The van der Waals surface area contributed by atoms with Crippen LogP contribution in [0.15, 0.2) is 17.2 Å². The van der Waals surface area contributed by atoms with Crippen molar-refractivity contribution in [1.29, 1.82) is 0 Å². The van der Waals surface area contributed by atoms with Gasteiger partial charge in [0, 0.05) is 18.9 Å². The minimum absolute atomic E-state index is 0.180. The molecule has 19 heavy (non-hydrogen) atoms. The van der Waals surface area contributed by atoms with Crippen LogP contribution in [0.2, 0.25) is 0 Å². The number of H-pyrrole nitrogens is 2. The highest BCUT2D eigenvalue weighted by atomic mass is 16.1. The molecule has 0 aromatic carbocycles. The van der Waals surface area contributed by atoms with E-state index < -0.39 is 0 Å². The predicted octanol–water partition coefficient (Wildman–Crippen LogP) is 1.98. The van der Waals surface area contributed by atoms with Gasteiger partial charge in [-0.2, -0.15) is 0 Å². The summed E-state index contributed by atoms with van der Waals surface area (Å²) in [6.07, 6.45) is 6.87. The van der Waals surface area contributed by atoms with E-state index in [0.29, 0.717) is 16.6 Å². The Kier molecular flexibility index (Phi) is 2.77. The van der Waals surface area contributed by atoms with Crippen molar-refractivity contribution in [3.05, 3.63) is 22.7 Å². The standard InChI is InChI=1S/C13H17N5O/c1-2-3-4-5-18-12-8(6-16-18)11(14)10-9(17-12)7-15-13(10)19/h6-7,16H,2-5,14H2,1H3,(H,15,19). The van der Waals surface area contributed by atoms with Crippen LogP contribution >= 0.6 is 0 Å². The highest BCUT2D eigenvalue weighted by Crippen LogP contribution is 2.25. The van der Waals surface area contributed by atoms with E-state index in [1.807, 2.05) is 10.9 Å². The van der Waals surface area contributed by atoms with Crippen LogP contribution in [0.1, 0.15) is 26.2 Å². The number of fused-ring (bicyclic) bond motifs is 2. The SMILES string of the molecule is CCCCCn1[nH]cc2c(N)c3c(=O)[nH]cc3nc21. The minimum Gasteiger partial charge on any atom is -0.397 e. The molecule has 0 aliphatic rings. The number of unbranched alkanes of at least 4 members (excludes halogenated alkanes) is 2. The van der Waals surface area contributed by atoms with Crippen molar-refractivity contribution in [2.45, 2.75) is 32.7 Å². The predicted molar refractivity (Wildman–Crippen MR) is 76.1 cm³/mol. The van der Waals surface area contributed by atoms with E-state index in [-0.39, 0.29) is 5.56 Å². The summed E-state index contributed by atoms with van der Waals surface area (Å²) in [5.74, 6) is 0. The lowest BCUT2D eigenvalue weighted by molar-refractivity contribution is 0.564. The van der Waals surface area contributed by atoms with Gasteiger partial charge in [0.05, 0.1) is 22.0 Å². The molecule has 0 radical (unpaired) electrons. The molecule has 0 spiro atoms. The van der Waals surface area contributed by atoms with Gasteiger partial charge in [-0.3, -0.25) is 9.48 Å². The van der Waals surface area contributed by atoms with Crippen molar-refractivity contribution in [1.82, 2.24) is 19.7 Å². The second kappa shape index (κ2) is 4.46. The van der Waals surface area contributed by atoms with Crippen LogP contribution < -0.4 is 11.3 Å². The molecule has 0 atom stereocenters. The summed E-state index contributed by atoms with van der Waals surface area (Å²) in [6, 6.07) is 0. The second-order valence-corrected chi connectivity index (χ2v) is 4.77. The largest absolute Gasteiger partial charge is 0.397 e. The van der Waals surface area contributed by atoms with Crippen LogP contribution in [0, 0.1) is 0 Å². The van der Waals surface area contributed by atoms with Gasteiger partial charge in [0.25, 0.3) is 5.56 Å². The lowest BCUT2D eigenvalue weighted by Crippen LogP contribution is -2.04. The molecular weight excluding hydrogens is 242 g/mol. The maximum Gasteiger partial charge on any atom is 0.259 e. The van der Waals surface area contributed by atoms with Gasteiger partial charge in [0.2, 0.25) is 0 Å². The van der Waals surface area contributed by atoms with Gasteiger partial charge in [-0.1, -0.05) is 19.8 Å². The third kappa shape index (κ3) is 1.80. The number of hydrogen-bond acceptors (Lipinski definition) is 3. The van der Waals surface area contributed by atoms with Gasteiger partial charge in [0.1, 0.15) is 0 Å². The average molecular weight is 259 g/mol. The zero-order chi connectivity index (χ0) is 13.4. The first-order valence-electron chi connectivity index (χ1n) is 6.57. The van der Waals surface area contributed by atoms with Crippen LogP contribution in [-0.2, 0) is 6.54 Å². The highest BCUT2D eigenvalue weighted by molar-refractivity contribution is 6.04. The van der Waals surface area contributed by atoms with E-state index in [0.717, 1.165) is 24.0 Å². The molecule has 6 nitrogen and oxygen atoms in total. The molecule has 3 rings (SSSR count). The molecule has 0 saturated heterocycles. The summed E-state index contributed by atoms with van der Waals surface area (Å²) in [5.41, 5.74) is 7.82. The van der Waals surface area contributed by atoms with Crippen molar-refractivity contribution in [3.8, 4) is 0 Å². The summed E-state index contributed by atoms with van der Waals surface area (Å²) in [5, 5.41) is 4.44. The van der Waals surface area contributed by atoms with Gasteiger partial charge >= 0.3 is 0 Å². The Morgan fingerprint density at radius 3 is 3.00 bits per heavy atom. The van der Waals surface area contributed by atoms with Crippen molar-refractivity contribution in [3.63, 3.8) is 0 Å². The van der Waals surface area contributed by atoms with E-state index in [1.165, 1.54) is 12.8 Å². The summed E-state index contributed by atoms with van der Waals surface area (Å²) in [6.45, 7) is 3.05. The molecule has 0 bridgehead atoms. The third-order valence-corrected chi connectivity index (χ3v) is 3.46. The molecule has 3 aromatic rings. The van der Waals surface area contributed by atoms with Gasteiger partial charge in [0.15, 0.2) is 5.65 Å². The quantitative estimate of drug-likeness (QED) is 0.625. The fourth-order valence-electron chi connectivity index (χ4n) is 2.41. The zero-order valence-electron chi connectivity index (χ0n) is 10.9. The van der Waals surface area contributed by atoms with Gasteiger partial charge in [-0.25, -0.2) is 4.98 Å². The van der Waals surface area contributed by atoms with Gasteiger partial charge in [-0.15, -0.1) is 0 Å². The number of nitrogens with zero attached hydrogens (tertiary/aromatic N) is 2. The van der Waals surface area contributed by atoms with Crippen LogP contribution in [0.3, 0.4) is 0 Å². The maximum absolute atomic E-state index is 11.7. The molecule has 0 amide bonds. The molecule has 100 valence electrons. The first-order valence-corrected chi connectivity index (χ1v) is 6.57. The van der Waals surface area contributed by atoms with Crippen molar-refractivity contribution in [2.24, 2.45) is 0 Å². The van der Waals surface area contributed by atoms with Crippen LogP contribution in [0.5, 0.6) is 0 Å². The Morgan fingerprint density at radius 2 is 2.21 bits per heavy atom. The number of nitrogen functional groups attached to an aromatic ring is 1. The molecular formula is C13H17N5O. The zero-order valence-corrected chi connectivity index (χ0v) is 10.9. The van der Waals surface area contributed by atoms with E-state index >= 15 is 0 Å². The highest BCUT2D eigenvalue weighted by Gasteiger charge is 2.13. The number of aryl methyl sites for hydroxylation is 1. The van der Waals surface area contributed by atoms with Crippen LogP contribution in [-0.4, -0.2) is 19.7 Å². The average Bonchev–Trinajstić information content (AvgIpc) is 2.96. The molecule has 3 heterocycles. The summed E-state index contributed by atoms with van der Waals surface area (Å²) >= 11 is 0. The smallest absolute Gasteiger partial charge is 0.259 e. The monoisotopic (exact) mass is 259 g/mol. The normalized spacial score (nSPS) is 11.6. The fourth-order valence-corrected chi connectivity index (χ4v) is 2.41. The molecule has 6 heteroatoms. The fraction of sp³-hybridized carbons (Fsp3) is 0.385. The number of aromatic amines is 2. The van der Waals surface area contributed by atoms with Gasteiger partial charge < -0.3 is 15.8 Å². The Balaban J connectivity index is 2.15. The molecule has 0 aliphatic heterocycles. The summed E-state index contributed by atoms with van der Waals surface area (Å²) in [4.78, 5) is 18.8. The molecule has 0 fully saturated rings. The lowest BCUT2D eigenvalue weighted by atomic mass is 10.2. The maximum atomic E-state index is 11.7. The number of rotatable bonds is 4. The van der Waals surface area contributed by atoms with Crippen molar-refractivity contribution in [2.75, 3.05) is 5.73 Å². The topological polar surface area (TPSA) is 92.5 Å². The number of nitrogens with one attached hydrogen (secondary N) is 2. The van der Waals surface area contributed by atoms with E-state index in [9.17, 15) is 4.79 Å². The molecule has 4 N–H and O–H groups in total. The first-order chi connectivity index (χ1) is 9.22. The Hall–Kier alpha value is -2.24. The van der Waals surface area contributed by atoms with Crippen LogP contribution in [0.25, 0.3) is 21.9 Å². The number of nitrogens with two attached hydrogens (primary N) is 1. The third-order valence-electron chi connectivity index (χ3n) is 3.46. The van der Waals surface area contributed by atoms with Crippen molar-refractivity contribution < 1.29 is 0 Å². The number of anilines is 1. The molecule has 0 unspecified atom stereocenters. The molecule has 0 aliphatic carbocycles. The number of pyridine rings is 1. The van der Waals surface area contributed by atoms with Gasteiger partial charge in [-0.05, 0) is 6.42 Å². The number of hydrogen-bond donors (Lipinski definition) is 3. The van der Waals surface area contributed by atoms with Crippen molar-refractivity contribution >= 4 is 27.6 Å². The minimum atomic E-state index is -0.180. The molecule has 3 aromatic heterocycles. The lowest BCUT2D eigenvalue weighted by Gasteiger charge is -2.04. The second-order valence-electron chi connectivity index (χ2n) is 4.77. The van der Waals surface area contributed by atoms with E-state index in [1.54, 1.807) is 6.20 Å². The Labute approximate surface area is 109 Å². The Morgan fingerprint density at radius 1 is 1.37 bits per heavy atom. The molecule has 0 saturated carbocycles. The Bertz CT molecular complexity index is 779.